The van der Waals surface area contributed by atoms with Gasteiger partial charge in [-0.3, -0.25) is 9.59 Å². The Bertz CT molecular complexity index is 845. The summed E-state index contributed by atoms with van der Waals surface area (Å²) in [6, 6.07) is 17.2. The molecular formula is C26H32O4. The zero-order chi connectivity index (χ0) is 21.5. The molecule has 1 aliphatic rings. The maximum absolute atomic E-state index is 12.5. The first kappa shape index (κ1) is 22.1. The third kappa shape index (κ3) is 6.19. The van der Waals surface area contributed by atoms with Crippen LogP contribution in [0.4, 0.5) is 0 Å². The first-order valence-corrected chi connectivity index (χ1v) is 10.9. The minimum atomic E-state index is -0.129. The van der Waals surface area contributed by atoms with Gasteiger partial charge in [0.1, 0.15) is 12.4 Å². The van der Waals surface area contributed by atoms with Gasteiger partial charge in [0, 0.05) is 12.0 Å². The molecule has 1 fully saturated rings. The van der Waals surface area contributed by atoms with Crippen molar-refractivity contribution in [2.45, 2.75) is 59.2 Å². The molecule has 4 heteroatoms. The fourth-order valence-corrected chi connectivity index (χ4v) is 4.41. The number of rotatable bonds is 7. The van der Waals surface area contributed by atoms with Crippen molar-refractivity contribution in [3.63, 3.8) is 0 Å². The van der Waals surface area contributed by atoms with Crippen LogP contribution in [-0.2, 0) is 16.1 Å². The molecule has 1 aliphatic carbocycles. The van der Waals surface area contributed by atoms with Crippen molar-refractivity contribution < 1.29 is 19.1 Å². The highest BCUT2D eigenvalue weighted by molar-refractivity contribution is 5.94. The first-order chi connectivity index (χ1) is 14.4. The van der Waals surface area contributed by atoms with Crippen LogP contribution in [0.15, 0.2) is 54.6 Å². The van der Waals surface area contributed by atoms with Crippen LogP contribution in [0.25, 0.3) is 0 Å². The Hall–Kier alpha value is -2.62. The SMILES string of the molecule is CC(=O)c1cccc(OC2CCC(C)C(CC(=O)OCc3ccccc3)C(C)C2)c1. The second kappa shape index (κ2) is 10.4. The average molecular weight is 409 g/mol. The highest BCUT2D eigenvalue weighted by atomic mass is 16.5. The molecule has 2 aromatic rings. The van der Waals surface area contributed by atoms with Crippen LogP contribution in [0.2, 0.25) is 0 Å². The highest BCUT2D eigenvalue weighted by Gasteiger charge is 2.33. The van der Waals surface area contributed by atoms with E-state index in [1.807, 2.05) is 54.6 Å². The lowest BCUT2D eigenvalue weighted by molar-refractivity contribution is -0.147. The molecule has 0 amide bonds. The van der Waals surface area contributed by atoms with Gasteiger partial charge in [-0.1, -0.05) is 56.3 Å². The molecule has 0 bridgehead atoms. The van der Waals surface area contributed by atoms with Gasteiger partial charge in [-0.05, 0) is 61.6 Å². The van der Waals surface area contributed by atoms with Gasteiger partial charge in [0.05, 0.1) is 6.10 Å². The summed E-state index contributed by atoms with van der Waals surface area (Å²) in [5, 5.41) is 0. The van der Waals surface area contributed by atoms with Crippen LogP contribution in [0.1, 0.15) is 62.4 Å². The summed E-state index contributed by atoms with van der Waals surface area (Å²) in [6.07, 6.45) is 3.39. The normalized spacial score (nSPS) is 24.0. The first-order valence-electron chi connectivity index (χ1n) is 10.9. The summed E-state index contributed by atoms with van der Waals surface area (Å²) >= 11 is 0. The summed E-state index contributed by atoms with van der Waals surface area (Å²) in [7, 11) is 0. The van der Waals surface area contributed by atoms with E-state index in [1.165, 1.54) is 0 Å². The fraction of sp³-hybridized carbons (Fsp3) is 0.462. The molecule has 4 unspecified atom stereocenters. The van der Waals surface area contributed by atoms with Crippen LogP contribution in [-0.4, -0.2) is 17.9 Å². The Morgan fingerprint density at radius 2 is 1.73 bits per heavy atom. The summed E-state index contributed by atoms with van der Waals surface area (Å²) < 4.78 is 11.8. The number of hydrogen-bond donors (Lipinski definition) is 0. The van der Waals surface area contributed by atoms with Gasteiger partial charge in [-0.25, -0.2) is 0 Å². The van der Waals surface area contributed by atoms with Crippen molar-refractivity contribution in [3.05, 3.63) is 65.7 Å². The molecule has 0 spiro atoms. The second-order valence-electron chi connectivity index (χ2n) is 8.61. The van der Waals surface area contributed by atoms with E-state index in [0.29, 0.717) is 30.4 Å². The van der Waals surface area contributed by atoms with Crippen LogP contribution in [0, 0.1) is 17.8 Å². The molecule has 4 atom stereocenters. The van der Waals surface area contributed by atoms with Crippen molar-refractivity contribution >= 4 is 11.8 Å². The molecule has 0 saturated heterocycles. The maximum Gasteiger partial charge on any atom is 0.306 e. The highest BCUT2D eigenvalue weighted by Crippen LogP contribution is 2.37. The Balaban J connectivity index is 1.56. The van der Waals surface area contributed by atoms with E-state index in [0.717, 1.165) is 30.6 Å². The lowest BCUT2D eigenvalue weighted by Crippen LogP contribution is -2.24. The number of carbonyl (C=O) groups excluding carboxylic acids is 2. The smallest absolute Gasteiger partial charge is 0.306 e. The van der Waals surface area contributed by atoms with Gasteiger partial charge >= 0.3 is 5.97 Å². The van der Waals surface area contributed by atoms with Crippen molar-refractivity contribution in [2.75, 3.05) is 0 Å². The van der Waals surface area contributed by atoms with Crippen LogP contribution in [0.5, 0.6) is 5.75 Å². The van der Waals surface area contributed by atoms with Gasteiger partial charge < -0.3 is 9.47 Å². The number of esters is 1. The molecule has 0 heterocycles. The van der Waals surface area contributed by atoms with E-state index in [4.69, 9.17) is 9.47 Å². The van der Waals surface area contributed by atoms with Crippen LogP contribution >= 0.6 is 0 Å². The quantitative estimate of drug-likeness (QED) is 0.328. The summed E-state index contributed by atoms with van der Waals surface area (Å²) in [5.41, 5.74) is 1.68. The Kier molecular flexibility index (Phi) is 7.67. The predicted octanol–water partition coefficient (Wildman–Crippen LogP) is 5.84. The molecule has 4 nitrogen and oxygen atoms in total. The van der Waals surface area contributed by atoms with Gasteiger partial charge in [0.2, 0.25) is 0 Å². The number of Topliss-reactive ketones (excluding diaryl/α,β-unsaturated/α-hetero) is 1. The molecule has 30 heavy (non-hydrogen) atoms. The number of hydrogen-bond acceptors (Lipinski definition) is 4. The van der Waals surface area contributed by atoms with Gasteiger partial charge in [0.15, 0.2) is 5.78 Å². The maximum atomic E-state index is 12.5. The van der Waals surface area contributed by atoms with Crippen molar-refractivity contribution in [1.29, 1.82) is 0 Å². The monoisotopic (exact) mass is 408 g/mol. The lowest BCUT2D eigenvalue weighted by atomic mass is 9.80. The second-order valence-corrected chi connectivity index (χ2v) is 8.61. The lowest BCUT2D eigenvalue weighted by Gasteiger charge is -2.26. The minimum Gasteiger partial charge on any atom is -0.490 e. The third-order valence-corrected chi connectivity index (χ3v) is 6.23. The van der Waals surface area contributed by atoms with Crippen molar-refractivity contribution in [3.8, 4) is 5.75 Å². The molecule has 0 radical (unpaired) electrons. The standard InChI is InChI=1S/C26H32O4/c1-18-12-13-24(30-23-11-7-10-22(15-23)20(3)27)14-19(2)25(18)16-26(28)29-17-21-8-5-4-6-9-21/h4-11,15,18-19,24-25H,12-14,16-17H2,1-3H3. The Morgan fingerprint density at radius 1 is 0.967 bits per heavy atom. The molecular weight excluding hydrogens is 376 g/mol. The summed E-state index contributed by atoms with van der Waals surface area (Å²) in [4.78, 5) is 24.1. The summed E-state index contributed by atoms with van der Waals surface area (Å²) in [6.45, 7) is 6.33. The fourth-order valence-electron chi connectivity index (χ4n) is 4.41. The molecule has 0 aromatic heterocycles. The van der Waals surface area contributed by atoms with Crippen molar-refractivity contribution in [2.24, 2.45) is 17.8 Å². The number of benzene rings is 2. The molecule has 1 saturated carbocycles. The minimum absolute atomic E-state index is 0.0392. The zero-order valence-electron chi connectivity index (χ0n) is 18.2. The average Bonchev–Trinajstić information content (AvgIpc) is 2.86. The van der Waals surface area contributed by atoms with E-state index in [-0.39, 0.29) is 23.8 Å². The van der Waals surface area contributed by atoms with E-state index in [2.05, 4.69) is 13.8 Å². The van der Waals surface area contributed by atoms with Gasteiger partial charge in [-0.2, -0.15) is 0 Å². The third-order valence-electron chi connectivity index (χ3n) is 6.23. The molecule has 0 N–H and O–H groups in total. The largest absolute Gasteiger partial charge is 0.490 e. The van der Waals surface area contributed by atoms with Crippen LogP contribution in [0.3, 0.4) is 0 Å². The van der Waals surface area contributed by atoms with E-state index in [1.54, 1.807) is 6.92 Å². The van der Waals surface area contributed by atoms with Gasteiger partial charge in [-0.15, -0.1) is 0 Å². The number of carbonyl (C=O) groups is 2. The molecule has 3 rings (SSSR count). The molecule has 0 aliphatic heterocycles. The topological polar surface area (TPSA) is 52.6 Å². The zero-order valence-corrected chi connectivity index (χ0v) is 18.2. The predicted molar refractivity (Wildman–Crippen MR) is 117 cm³/mol. The van der Waals surface area contributed by atoms with Crippen molar-refractivity contribution in [1.82, 2.24) is 0 Å². The van der Waals surface area contributed by atoms with E-state index >= 15 is 0 Å². The molecule has 2 aromatic carbocycles. The molecule has 160 valence electrons. The summed E-state index contributed by atoms with van der Waals surface area (Å²) in [5.74, 6) is 1.72. The van der Waals surface area contributed by atoms with Crippen LogP contribution < -0.4 is 4.74 Å². The van der Waals surface area contributed by atoms with E-state index < -0.39 is 0 Å². The Labute approximate surface area is 179 Å². The Morgan fingerprint density at radius 3 is 2.47 bits per heavy atom. The van der Waals surface area contributed by atoms with Gasteiger partial charge in [0.25, 0.3) is 0 Å². The van der Waals surface area contributed by atoms with E-state index in [9.17, 15) is 9.59 Å². The number of ketones is 1. The number of ether oxygens (including phenoxy) is 2.